The molecule has 2 N–H and O–H groups in total. The molecule has 1 atom stereocenters. The summed E-state index contributed by atoms with van der Waals surface area (Å²) in [5.74, 6) is -1.40. The molecule has 1 rings (SSSR count). The predicted octanol–water partition coefficient (Wildman–Crippen LogP) is 1.57. The maximum Gasteiger partial charge on any atom is 0.331 e. The fraction of sp³-hybridized carbons (Fsp3) is 0.200. The molecule has 80 valence electrons. The van der Waals surface area contributed by atoms with Gasteiger partial charge in [0.15, 0.2) is 6.04 Å². The quantitative estimate of drug-likeness (QED) is 0.747. The molecule has 0 spiro atoms. The molecule has 1 unspecified atom stereocenters. The molecule has 5 heteroatoms. The van der Waals surface area contributed by atoms with Crippen LogP contribution < -0.4 is 5.32 Å². The second-order valence-corrected chi connectivity index (χ2v) is 3.83. The Bertz CT molecular complexity index is 359. The summed E-state index contributed by atoms with van der Waals surface area (Å²) in [5.41, 5.74) is 0. The smallest absolute Gasteiger partial charge is 0.331 e. The molecule has 0 aliphatic heterocycles. The molecule has 1 aromatic heterocycles. The lowest BCUT2D eigenvalue weighted by Crippen LogP contribution is -2.32. The Labute approximate surface area is 91.2 Å². The molecule has 0 bridgehead atoms. The molecule has 0 aliphatic rings. The van der Waals surface area contributed by atoms with E-state index in [2.05, 4.69) is 11.9 Å². The van der Waals surface area contributed by atoms with E-state index in [1.54, 1.807) is 17.5 Å². The third-order valence-corrected chi connectivity index (χ3v) is 2.65. The van der Waals surface area contributed by atoms with Gasteiger partial charge in [-0.05, 0) is 11.4 Å². The van der Waals surface area contributed by atoms with Gasteiger partial charge in [-0.3, -0.25) is 4.79 Å². The molecular weight excluding hydrogens is 214 g/mol. The van der Waals surface area contributed by atoms with E-state index in [0.717, 1.165) is 0 Å². The molecule has 0 fully saturated rings. The van der Waals surface area contributed by atoms with Crippen molar-refractivity contribution in [1.29, 1.82) is 0 Å². The number of thiophene rings is 1. The topological polar surface area (TPSA) is 66.4 Å². The van der Waals surface area contributed by atoms with Crippen molar-refractivity contribution in [2.75, 3.05) is 0 Å². The van der Waals surface area contributed by atoms with Crippen molar-refractivity contribution < 1.29 is 14.7 Å². The van der Waals surface area contributed by atoms with Gasteiger partial charge in [0.25, 0.3) is 0 Å². The van der Waals surface area contributed by atoms with E-state index in [1.165, 1.54) is 17.4 Å². The number of hydrogen-bond donors (Lipinski definition) is 2. The van der Waals surface area contributed by atoms with Crippen molar-refractivity contribution in [3.05, 3.63) is 35.0 Å². The fourth-order valence-corrected chi connectivity index (χ4v) is 1.83. The van der Waals surface area contributed by atoms with Crippen LogP contribution in [0.5, 0.6) is 0 Å². The summed E-state index contributed by atoms with van der Waals surface area (Å²) in [4.78, 5) is 22.7. The molecule has 0 saturated heterocycles. The van der Waals surface area contributed by atoms with Crippen molar-refractivity contribution in [2.45, 2.75) is 12.5 Å². The minimum absolute atomic E-state index is 0.120. The molecule has 1 amide bonds. The highest BCUT2D eigenvalue weighted by Crippen LogP contribution is 2.19. The monoisotopic (exact) mass is 225 g/mol. The highest BCUT2D eigenvalue weighted by molar-refractivity contribution is 7.10. The van der Waals surface area contributed by atoms with Gasteiger partial charge < -0.3 is 10.4 Å². The summed E-state index contributed by atoms with van der Waals surface area (Å²) in [6.07, 6.45) is 1.55. The zero-order chi connectivity index (χ0) is 11.3. The van der Waals surface area contributed by atoms with E-state index in [9.17, 15) is 9.59 Å². The first kappa shape index (κ1) is 11.5. The molecule has 4 nitrogen and oxygen atoms in total. The fourth-order valence-electron chi connectivity index (χ4n) is 1.06. The lowest BCUT2D eigenvalue weighted by atomic mass is 10.2. The molecule has 0 radical (unpaired) electrons. The number of rotatable bonds is 5. The zero-order valence-electron chi connectivity index (χ0n) is 7.97. The van der Waals surface area contributed by atoms with Gasteiger partial charge >= 0.3 is 5.97 Å². The van der Waals surface area contributed by atoms with Gasteiger partial charge in [0, 0.05) is 11.3 Å². The third kappa shape index (κ3) is 3.21. The lowest BCUT2D eigenvalue weighted by molar-refractivity contribution is -0.141. The normalized spacial score (nSPS) is 11.7. The second-order valence-electron chi connectivity index (χ2n) is 2.85. The highest BCUT2D eigenvalue weighted by atomic mass is 32.1. The van der Waals surface area contributed by atoms with Crippen LogP contribution in [0.4, 0.5) is 0 Å². The number of carbonyl (C=O) groups excluding carboxylic acids is 1. The number of hydrogen-bond acceptors (Lipinski definition) is 3. The first-order valence-electron chi connectivity index (χ1n) is 4.31. The third-order valence-electron chi connectivity index (χ3n) is 1.71. The Morgan fingerprint density at radius 3 is 2.87 bits per heavy atom. The molecule has 0 aliphatic carbocycles. The van der Waals surface area contributed by atoms with Gasteiger partial charge in [-0.1, -0.05) is 12.1 Å². The minimum Gasteiger partial charge on any atom is -0.479 e. The Morgan fingerprint density at radius 1 is 1.67 bits per heavy atom. The van der Waals surface area contributed by atoms with Crippen molar-refractivity contribution in [3.8, 4) is 0 Å². The average Bonchev–Trinajstić information content (AvgIpc) is 2.66. The number of amides is 1. The van der Waals surface area contributed by atoms with Crippen LogP contribution in [0.25, 0.3) is 0 Å². The first-order chi connectivity index (χ1) is 7.15. The maximum atomic E-state index is 11.2. The summed E-state index contributed by atoms with van der Waals surface area (Å²) < 4.78 is 0. The van der Waals surface area contributed by atoms with E-state index in [-0.39, 0.29) is 12.3 Å². The van der Waals surface area contributed by atoms with Crippen LogP contribution in [-0.2, 0) is 9.59 Å². The van der Waals surface area contributed by atoms with Crippen molar-refractivity contribution in [1.82, 2.24) is 5.32 Å². The summed E-state index contributed by atoms with van der Waals surface area (Å²) in [6, 6.07) is 2.46. The van der Waals surface area contributed by atoms with Crippen LogP contribution in [-0.4, -0.2) is 17.0 Å². The van der Waals surface area contributed by atoms with Crippen LogP contribution >= 0.6 is 11.3 Å². The van der Waals surface area contributed by atoms with Crippen LogP contribution in [0.2, 0.25) is 0 Å². The second kappa shape index (κ2) is 5.31. The summed E-state index contributed by atoms with van der Waals surface area (Å²) in [5, 5.41) is 13.1. The molecule has 0 aromatic carbocycles. The molecule has 0 saturated carbocycles. The SMILES string of the molecule is C=CCC(=O)NC(C(=O)O)c1cccs1. The predicted molar refractivity (Wildman–Crippen MR) is 57.7 cm³/mol. The summed E-state index contributed by atoms with van der Waals surface area (Å²) in [6.45, 7) is 3.41. The van der Waals surface area contributed by atoms with Crippen molar-refractivity contribution in [2.24, 2.45) is 0 Å². The Kier molecular flexibility index (Phi) is 4.05. The Hall–Kier alpha value is -1.62. The van der Waals surface area contributed by atoms with Crippen molar-refractivity contribution in [3.63, 3.8) is 0 Å². The molecule has 1 heterocycles. The summed E-state index contributed by atoms with van der Waals surface area (Å²) in [7, 11) is 0. The Balaban J connectivity index is 2.72. The number of carboxylic acids is 1. The Morgan fingerprint density at radius 2 is 2.40 bits per heavy atom. The summed E-state index contributed by atoms with van der Waals surface area (Å²) >= 11 is 1.30. The number of carboxylic acid groups (broad SMARTS) is 1. The standard InChI is InChI=1S/C10H11NO3S/c1-2-4-8(12)11-9(10(13)14)7-5-3-6-15-7/h2-3,5-6,9H,1,4H2,(H,11,12)(H,13,14). The molecular formula is C10H11NO3S. The average molecular weight is 225 g/mol. The zero-order valence-corrected chi connectivity index (χ0v) is 8.79. The first-order valence-corrected chi connectivity index (χ1v) is 5.19. The van der Waals surface area contributed by atoms with Gasteiger partial charge in [-0.15, -0.1) is 17.9 Å². The van der Waals surface area contributed by atoms with Crippen LogP contribution in [0, 0.1) is 0 Å². The van der Waals surface area contributed by atoms with E-state index in [1.807, 2.05) is 0 Å². The van der Waals surface area contributed by atoms with Gasteiger partial charge in [0.05, 0.1) is 0 Å². The number of aliphatic carboxylic acids is 1. The van der Waals surface area contributed by atoms with Gasteiger partial charge in [0.2, 0.25) is 5.91 Å². The van der Waals surface area contributed by atoms with Crippen LogP contribution in [0.1, 0.15) is 17.3 Å². The van der Waals surface area contributed by atoms with Crippen LogP contribution in [0.15, 0.2) is 30.2 Å². The van der Waals surface area contributed by atoms with Gasteiger partial charge in [0.1, 0.15) is 0 Å². The highest BCUT2D eigenvalue weighted by Gasteiger charge is 2.22. The van der Waals surface area contributed by atoms with Crippen molar-refractivity contribution >= 4 is 23.2 Å². The number of nitrogens with one attached hydrogen (secondary N) is 1. The largest absolute Gasteiger partial charge is 0.479 e. The maximum absolute atomic E-state index is 11.2. The number of carbonyl (C=O) groups is 2. The van der Waals surface area contributed by atoms with Crippen LogP contribution in [0.3, 0.4) is 0 Å². The minimum atomic E-state index is -1.06. The van der Waals surface area contributed by atoms with E-state index in [0.29, 0.717) is 4.88 Å². The van der Waals surface area contributed by atoms with Gasteiger partial charge in [-0.2, -0.15) is 0 Å². The van der Waals surface area contributed by atoms with E-state index in [4.69, 9.17) is 5.11 Å². The van der Waals surface area contributed by atoms with E-state index < -0.39 is 12.0 Å². The molecule has 15 heavy (non-hydrogen) atoms. The lowest BCUT2D eigenvalue weighted by Gasteiger charge is -2.11. The van der Waals surface area contributed by atoms with Gasteiger partial charge in [-0.25, -0.2) is 4.79 Å². The van der Waals surface area contributed by atoms with E-state index >= 15 is 0 Å². The molecule has 1 aromatic rings.